The van der Waals surface area contributed by atoms with E-state index < -0.39 is 24.5 Å². The van der Waals surface area contributed by atoms with Gasteiger partial charge < -0.3 is 14.6 Å². The third-order valence-corrected chi connectivity index (χ3v) is 5.50. The molecular weight excluding hydrogens is 366 g/mol. The smallest absolute Gasteiger partial charge is 0.341 e. The summed E-state index contributed by atoms with van der Waals surface area (Å²) in [4.78, 5) is 37.2. The van der Waals surface area contributed by atoms with E-state index >= 15 is 0 Å². The summed E-state index contributed by atoms with van der Waals surface area (Å²) < 4.78 is 7.09. The van der Waals surface area contributed by atoms with E-state index in [-0.39, 0.29) is 6.54 Å². The highest BCUT2D eigenvalue weighted by molar-refractivity contribution is 7.15. The first kappa shape index (κ1) is 18.9. The number of hydrogen-bond donors (Lipinski definition) is 2. The summed E-state index contributed by atoms with van der Waals surface area (Å²) in [7, 11) is 0. The van der Waals surface area contributed by atoms with Gasteiger partial charge in [-0.1, -0.05) is 6.08 Å². The summed E-state index contributed by atoms with van der Waals surface area (Å²) in [5, 5.41) is 5.33. The zero-order valence-corrected chi connectivity index (χ0v) is 15.6. The number of rotatable bonds is 6. The molecule has 2 N–H and O–H groups in total. The van der Waals surface area contributed by atoms with Crippen molar-refractivity contribution in [3.8, 4) is 5.00 Å². The molecule has 0 aromatic carbocycles. The molecule has 0 atom stereocenters. The number of hydrogen-bond acceptors (Lipinski definition) is 5. The fraction of sp³-hybridized carbons (Fsp3) is 0.316. The molecule has 8 heteroatoms. The van der Waals surface area contributed by atoms with E-state index in [1.807, 2.05) is 29.1 Å². The minimum absolute atomic E-state index is 0.236. The van der Waals surface area contributed by atoms with Gasteiger partial charge in [-0.15, -0.1) is 17.9 Å². The van der Waals surface area contributed by atoms with Crippen LogP contribution in [-0.4, -0.2) is 35.6 Å². The molecular formula is C19H21N3O4S. The Balaban J connectivity index is 1.71. The van der Waals surface area contributed by atoms with Crippen LogP contribution >= 0.6 is 11.3 Å². The number of carbonyl (C=O) groups excluding carboxylic acids is 3. The topological polar surface area (TPSA) is 89.4 Å². The fourth-order valence-electron chi connectivity index (χ4n) is 2.99. The molecule has 1 aliphatic carbocycles. The highest BCUT2D eigenvalue weighted by atomic mass is 32.1. The standard InChI is InChI=1S/C19H21N3O4S/c1-2-9-20-19(25)21-15(23)12-26-18(24)16-13-7-3-4-8-14(13)27-17(16)22-10-5-6-11-22/h2,5-6,10-11H,1,3-4,7-9,12H2,(H2,20,21,23,25). The fourth-order valence-corrected chi connectivity index (χ4v) is 4.33. The lowest BCUT2D eigenvalue weighted by Crippen LogP contribution is -2.41. The molecule has 2 aromatic rings. The van der Waals surface area contributed by atoms with E-state index in [0.29, 0.717) is 5.56 Å². The summed E-state index contributed by atoms with van der Waals surface area (Å²) >= 11 is 1.59. The third kappa shape index (κ3) is 4.46. The molecule has 0 fully saturated rings. The maximum Gasteiger partial charge on any atom is 0.341 e. The monoisotopic (exact) mass is 387 g/mol. The van der Waals surface area contributed by atoms with E-state index in [1.54, 1.807) is 11.3 Å². The number of aromatic nitrogens is 1. The number of carbonyl (C=O) groups is 3. The van der Waals surface area contributed by atoms with Gasteiger partial charge in [-0.3, -0.25) is 10.1 Å². The maximum atomic E-state index is 12.7. The first-order valence-corrected chi connectivity index (χ1v) is 9.55. The van der Waals surface area contributed by atoms with E-state index in [2.05, 4.69) is 17.2 Å². The van der Waals surface area contributed by atoms with Crippen LogP contribution in [0.5, 0.6) is 0 Å². The van der Waals surface area contributed by atoms with Gasteiger partial charge in [0.1, 0.15) is 5.00 Å². The van der Waals surface area contributed by atoms with Crippen LogP contribution < -0.4 is 10.6 Å². The van der Waals surface area contributed by atoms with Gasteiger partial charge in [0.25, 0.3) is 5.91 Å². The van der Waals surface area contributed by atoms with Crippen LogP contribution in [-0.2, 0) is 22.4 Å². The minimum Gasteiger partial charge on any atom is -0.452 e. The molecule has 0 saturated carbocycles. The van der Waals surface area contributed by atoms with Gasteiger partial charge in [-0.2, -0.15) is 0 Å². The second-order valence-electron chi connectivity index (χ2n) is 6.10. The molecule has 0 radical (unpaired) electrons. The van der Waals surface area contributed by atoms with Gasteiger partial charge >= 0.3 is 12.0 Å². The second-order valence-corrected chi connectivity index (χ2v) is 7.19. The number of imide groups is 1. The number of nitrogens with zero attached hydrogens (tertiary/aromatic N) is 1. The summed E-state index contributed by atoms with van der Waals surface area (Å²) in [6, 6.07) is 3.13. The van der Waals surface area contributed by atoms with Gasteiger partial charge in [0.05, 0.1) is 5.56 Å². The molecule has 3 amide bonds. The zero-order chi connectivity index (χ0) is 19.2. The molecule has 3 rings (SSSR count). The Hall–Kier alpha value is -2.87. The van der Waals surface area contributed by atoms with Crippen molar-refractivity contribution in [2.75, 3.05) is 13.2 Å². The number of thiophene rings is 1. The SMILES string of the molecule is C=CCNC(=O)NC(=O)COC(=O)c1c(-n2cccc2)sc2c1CCCC2. The molecule has 0 unspecified atom stereocenters. The van der Waals surface area contributed by atoms with Gasteiger partial charge in [0.15, 0.2) is 6.61 Å². The van der Waals surface area contributed by atoms with Gasteiger partial charge in [-0.25, -0.2) is 9.59 Å². The number of esters is 1. The van der Waals surface area contributed by atoms with Crippen molar-refractivity contribution in [1.29, 1.82) is 0 Å². The van der Waals surface area contributed by atoms with Crippen molar-refractivity contribution in [2.24, 2.45) is 0 Å². The highest BCUT2D eigenvalue weighted by Gasteiger charge is 2.27. The first-order valence-electron chi connectivity index (χ1n) is 8.73. The van der Waals surface area contributed by atoms with Crippen LogP contribution in [0, 0.1) is 0 Å². The van der Waals surface area contributed by atoms with Crippen LogP contribution in [0.25, 0.3) is 5.00 Å². The lowest BCUT2D eigenvalue weighted by Gasteiger charge is -2.13. The van der Waals surface area contributed by atoms with Crippen molar-refractivity contribution >= 4 is 29.2 Å². The lowest BCUT2D eigenvalue weighted by molar-refractivity contribution is -0.123. The largest absolute Gasteiger partial charge is 0.452 e. The maximum absolute atomic E-state index is 12.7. The molecule has 0 aliphatic heterocycles. The predicted molar refractivity (Wildman–Crippen MR) is 102 cm³/mol. The molecule has 2 aromatic heterocycles. The van der Waals surface area contributed by atoms with E-state index in [0.717, 1.165) is 36.2 Å². The van der Waals surface area contributed by atoms with Gasteiger partial charge in [-0.05, 0) is 43.4 Å². The number of fused-ring (bicyclic) bond motifs is 1. The van der Waals surface area contributed by atoms with Gasteiger partial charge in [0.2, 0.25) is 0 Å². The summed E-state index contributed by atoms with van der Waals surface area (Å²) in [6.07, 6.45) is 9.16. The molecule has 0 bridgehead atoms. The molecule has 0 saturated heterocycles. The van der Waals surface area contributed by atoms with Gasteiger partial charge in [0, 0.05) is 23.8 Å². The number of nitrogens with one attached hydrogen (secondary N) is 2. The van der Waals surface area contributed by atoms with Crippen LogP contribution in [0.4, 0.5) is 4.79 Å². The minimum atomic E-state index is -0.684. The van der Waals surface area contributed by atoms with Crippen LogP contribution in [0.15, 0.2) is 37.2 Å². The molecule has 27 heavy (non-hydrogen) atoms. The summed E-state index contributed by atoms with van der Waals surface area (Å²) in [6.45, 7) is 3.18. The molecule has 0 spiro atoms. The summed E-state index contributed by atoms with van der Waals surface area (Å²) in [5.74, 6) is -1.23. The quantitative estimate of drug-likeness (QED) is 0.589. The number of aryl methyl sites for hydroxylation is 1. The Kier molecular flexibility index (Phi) is 6.08. The van der Waals surface area contributed by atoms with Crippen molar-refractivity contribution in [1.82, 2.24) is 15.2 Å². The Labute approximate surface area is 161 Å². The number of urea groups is 1. The number of amides is 3. The van der Waals surface area contributed by atoms with Crippen LogP contribution in [0.1, 0.15) is 33.6 Å². The Morgan fingerprint density at radius 3 is 2.70 bits per heavy atom. The van der Waals surface area contributed by atoms with Crippen molar-refractivity contribution in [3.63, 3.8) is 0 Å². The van der Waals surface area contributed by atoms with E-state index in [9.17, 15) is 14.4 Å². The lowest BCUT2D eigenvalue weighted by atomic mass is 9.95. The third-order valence-electron chi connectivity index (χ3n) is 4.19. The van der Waals surface area contributed by atoms with Crippen LogP contribution in [0.2, 0.25) is 0 Å². The predicted octanol–water partition coefficient (Wildman–Crippen LogP) is 2.59. The van der Waals surface area contributed by atoms with Crippen LogP contribution in [0.3, 0.4) is 0 Å². The van der Waals surface area contributed by atoms with Crippen molar-refractivity contribution < 1.29 is 19.1 Å². The molecule has 142 valence electrons. The average Bonchev–Trinajstić information content (AvgIpc) is 3.31. The van der Waals surface area contributed by atoms with Crippen molar-refractivity contribution in [2.45, 2.75) is 25.7 Å². The normalized spacial score (nSPS) is 12.7. The highest BCUT2D eigenvalue weighted by Crippen LogP contribution is 2.37. The molecule has 2 heterocycles. The summed E-state index contributed by atoms with van der Waals surface area (Å²) in [5.41, 5.74) is 1.54. The first-order chi connectivity index (χ1) is 13.1. The average molecular weight is 387 g/mol. The van der Waals surface area contributed by atoms with Crippen molar-refractivity contribution in [3.05, 3.63) is 53.2 Å². The van der Waals surface area contributed by atoms with E-state index in [1.165, 1.54) is 11.0 Å². The Bertz CT molecular complexity index is 855. The second kappa shape index (κ2) is 8.68. The van der Waals surface area contributed by atoms with E-state index in [4.69, 9.17) is 4.74 Å². The number of ether oxygens (including phenoxy) is 1. The molecule has 7 nitrogen and oxygen atoms in total. The Morgan fingerprint density at radius 1 is 1.22 bits per heavy atom. The molecule has 1 aliphatic rings. The zero-order valence-electron chi connectivity index (χ0n) is 14.8. The Morgan fingerprint density at radius 2 is 1.96 bits per heavy atom.